The number of carbonyl (C=O) groups excluding carboxylic acids is 1. The molecule has 0 radical (unpaired) electrons. The molecule has 1 aromatic rings. The van der Waals surface area contributed by atoms with Crippen LogP contribution in [0, 0.1) is 11.7 Å². The van der Waals surface area contributed by atoms with Crippen molar-refractivity contribution in [3.63, 3.8) is 0 Å². The molecule has 0 N–H and O–H groups in total. The number of rotatable bonds is 2. The van der Waals surface area contributed by atoms with Crippen LogP contribution in [-0.4, -0.2) is 23.8 Å². The first-order valence-corrected chi connectivity index (χ1v) is 6.10. The molecule has 0 spiro atoms. The molecule has 92 valence electrons. The van der Waals surface area contributed by atoms with Crippen molar-refractivity contribution in [2.75, 3.05) is 13.1 Å². The Bertz CT molecular complexity index is 418. The number of piperidine rings is 1. The van der Waals surface area contributed by atoms with Crippen molar-refractivity contribution in [3.8, 4) is 0 Å². The fourth-order valence-electron chi connectivity index (χ4n) is 2.37. The van der Waals surface area contributed by atoms with Crippen LogP contribution in [0.25, 0.3) is 0 Å². The molecule has 2 unspecified atom stereocenters. The second kappa shape index (κ2) is 4.96. The largest absolute Gasteiger partial charge is 0.299 e. The topological polar surface area (TPSA) is 20.3 Å². The van der Waals surface area contributed by atoms with Crippen LogP contribution in [0.1, 0.15) is 31.9 Å². The van der Waals surface area contributed by atoms with Gasteiger partial charge < -0.3 is 0 Å². The first-order chi connectivity index (χ1) is 8.08. The van der Waals surface area contributed by atoms with E-state index < -0.39 is 0 Å². The summed E-state index contributed by atoms with van der Waals surface area (Å²) in [5, 5.41) is 0. The van der Waals surface area contributed by atoms with E-state index in [2.05, 4.69) is 11.8 Å². The van der Waals surface area contributed by atoms with Gasteiger partial charge in [-0.2, -0.15) is 0 Å². The third-order valence-electron chi connectivity index (χ3n) is 3.58. The molecule has 0 aromatic heterocycles. The lowest BCUT2D eigenvalue weighted by Gasteiger charge is -2.35. The van der Waals surface area contributed by atoms with Crippen molar-refractivity contribution >= 4 is 5.78 Å². The molecule has 1 aliphatic heterocycles. The Morgan fingerprint density at radius 1 is 1.47 bits per heavy atom. The van der Waals surface area contributed by atoms with Gasteiger partial charge in [0.05, 0.1) is 0 Å². The molecule has 0 aliphatic carbocycles. The van der Waals surface area contributed by atoms with Gasteiger partial charge in [-0.25, -0.2) is 4.39 Å². The molecular weight excluding hydrogens is 217 g/mol. The fraction of sp³-hybridized carbons (Fsp3) is 0.500. The van der Waals surface area contributed by atoms with Crippen molar-refractivity contribution < 1.29 is 9.18 Å². The summed E-state index contributed by atoms with van der Waals surface area (Å²) in [5.41, 5.74) is 0.978. The molecule has 1 aliphatic rings. The van der Waals surface area contributed by atoms with Crippen LogP contribution in [0.3, 0.4) is 0 Å². The quantitative estimate of drug-likeness (QED) is 0.785. The zero-order valence-electron chi connectivity index (χ0n) is 10.3. The van der Waals surface area contributed by atoms with Crippen molar-refractivity contribution in [3.05, 3.63) is 35.6 Å². The van der Waals surface area contributed by atoms with Gasteiger partial charge in [-0.3, -0.25) is 9.69 Å². The minimum Gasteiger partial charge on any atom is -0.299 e. The molecule has 1 aromatic carbocycles. The number of carbonyl (C=O) groups is 1. The Morgan fingerprint density at radius 3 is 2.88 bits per heavy atom. The third-order valence-corrected chi connectivity index (χ3v) is 3.58. The molecule has 0 bridgehead atoms. The van der Waals surface area contributed by atoms with Gasteiger partial charge in [0.2, 0.25) is 0 Å². The Labute approximate surface area is 101 Å². The molecule has 1 saturated heterocycles. The molecule has 17 heavy (non-hydrogen) atoms. The maximum absolute atomic E-state index is 13.2. The summed E-state index contributed by atoms with van der Waals surface area (Å²) in [4.78, 5) is 13.7. The first-order valence-electron chi connectivity index (χ1n) is 6.10. The molecular formula is C14H18FNO. The van der Waals surface area contributed by atoms with Crippen LogP contribution in [-0.2, 0) is 4.79 Å². The second-order valence-corrected chi connectivity index (χ2v) is 4.84. The van der Waals surface area contributed by atoms with E-state index >= 15 is 0 Å². The fourth-order valence-corrected chi connectivity index (χ4v) is 2.37. The summed E-state index contributed by atoms with van der Waals surface area (Å²) < 4.78 is 13.2. The lowest BCUT2D eigenvalue weighted by molar-refractivity contribution is -0.126. The lowest BCUT2D eigenvalue weighted by atomic mass is 9.95. The van der Waals surface area contributed by atoms with E-state index in [0.717, 1.165) is 18.7 Å². The maximum atomic E-state index is 13.2. The van der Waals surface area contributed by atoms with Crippen molar-refractivity contribution in [2.24, 2.45) is 5.92 Å². The van der Waals surface area contributed by atoms with Gasteiger partial charge in [-0.15, -0.1) is 0 Å². The van der Waals surface area contributed by atoms with E-state index in [4.69, 9.17) is 0 Å². The van der Waals surface area contributed by atoms with Crippen molar-refractivity contribution in [1.29, 1.82) is 0 Å². The number of ketones is 1. The van der Waals surface area contributed by atoms with Gasteiger partial charge in [0.15, 0.2) is 0 Å². The number of halogens is 1. The Morgan fingerprint density at radius 2 is 2.24 bits per heavy atom. The summed E-state index contributed by atoms with van der Waals surface area (Å²) >= 11 is 0. The number of benzene rings is 1. The highest BCUT2D eigenvalue weighted by atomic mass is 19.1. The van der Waals surface area contributed by atoms with Crippen LogP contribution in [0.5, 0.6) is 0 Å². The summed E-state index contributed by atoms with van der Waals surface area (Å²) in [5.74, 6) is 0.239. The van der Waals surface area contributed by atoms with E-state index in [-0.39, 0.29) is 17.8 Å². The van der Waals surface area contributed by atoms with Gasteiger partial charge in [0, 0.05) is 31.5 Å². The molecule has 3 heteroatoms. The normalized spacial score (nSPS) is 23.7. The van der Waals surface area contributed by atoms with Gasteiger partial charge in [0.25, 0.3) is 0 Å². The number of likely N-dealkylation sites (tertiary alicyclic amines) is 1. The second-order valence-electron chi connectivity index (χ2n) is 4.84. The van der Waals surface area contributed by atoms with Gasteiger partial charge in [-0.05, 0) is 24.6 Å². The SMILES string of the molecule is CC1CN(C(C)c2cccc(F)c2)CCC1=O. The summed E-state index contributed by atoms with van der Waals surface area (Å²) in [6, 6.07) is 6.88. The predicted octanol–water partition coefficient (Wildman–Crippen LogP) is 2.80. The molecule has 2 nitrogen and oxygen atoms in total. The number of hydrogen-bond donors (Lipinski definition) is 0. The van der Waals surface area contributed by atoms with Crippen LogP contribution in [0.15, 0.2) is 24.3 Å². The van der Waals surface area contributed by atoms with E-state index in [9.17, 15) is 9.18 Å². The first kappa shape index (κ1) is 12.2. The Balaban J connectivity index is 2.10. The lowest BCUT2D eigenvalue weighted by Crippen LogP contribution is -2.40. The summed E-state index contributed by atoms with van der Waals surface area (Å²) in [7, 11) is 0. The van der Waals surface area contributed by atoms with Gasteiger partial charge in [0.1, 0.15) is 11.6 Å². The van der Waals surface area contributed by atoms with Crippen LogP contribution in [0.2, 0.25) is 0 Å². The average molecular weight is 235 g/mol. The Hall–Kier alpha value is -1.22. The monoisotopic (exact) mass is 235 g/mol. The maximum Gasteiger partial charge on any atom is 0.138 e. The molecule has 2 rings (SSSR count). The molecule has 0 amide bonds. The predicted molar refractivity (Wildman–Crippen MR) is 65.2 cm³/mol. The van der Waals surface area contributed by atoms with E-state index in [1.165, 1.54) is 6.07 Å². The smallest absolute Gasteiger partial charge is 0.138 e. The number of hydrogen-bond acceptors (Lipinski definition) is 2. The van der Waals surface area contributed by atoms with Crippen molar-refractivity contribution in [1.82, 2.24) is 4.90 Å². The third kappa shape index (κ3) is 2.72. The standard InChI is InChI=1S/C14H18FNO/c1-10-9-16(7-6-14(10)17)11(2)12-4-3-5-13(15)8-12/h3-5,8,10-11H,6-7,9H2,1-2H3. The van der Waals surface area contributed by atoms with Crippen molar-refractivity contribution in [2.45, 2.75) is 26.3 Å². The molecule has 2 atom stereocenters. The van der Waals surface area contributed by atoms with E-state index in [1.807, 2.05) is 13.0 Å². The molecule has 1 heterocycles. The highest BCUT2D eigenvalue weighted by Crippen LogP contribution is 2.25. The summed E-state index contributed by atoms with van der Waals surface area (Å²) in [6.07, 6.45) is 0.612. The van der Waals surface area contributed by atoms with E-state index in [0.29, 0.717) is 12.2 Å². The minimum absolute atomic E-state index is 0.0970. The zero-order chi connectivity index (χ0) is 12.4. The summed E-state index contributed by atoms with van der Waals surface area (Å²) in [6.45, 7) is 5.58. The van der Waals surface area contributed by atoms with Crippen LogP contribution < -0.4 is 0 Å². The molecule has 0 saturated carbocycles. The molecule has 1 fully saturated rings. The van der Waals surface area contributed by atoms with Crippen LogP contribution >= 0.6 is 0 Å². The Kier molecular flexibility index (Phi) is 3.57. The highest BCUT2D eigenvalue weighted by molar-refractivity contribution is 5.81. The number of nitrogens with zero attached hydrogens (tertiary/aromatic N) is 1. The van der Waals surface area contributed by atoms with Crippen LogP contribution in [0.4, 0.5) is 4.39 Å². The average Bonchev–Trinajstić information content (AvgIpc) is 2.32. The minimum atomic E-state index is -0.199. The van der Waals surface area contributed by atoms with Gasteiger partial charge in [-0.1, -0.05) is 19.1 Å². The highest BCUT2D eigenvalue weighted by Gasteiger charge is 2.27. The number of Topliss-reactive ketones (excluding diaryl/α,β-unsaturated/α-hetero) is 1. The van der Waals surface area contributed by atoms with E-state index in [1.54, 1.807) is 12.1 Å². The zero-order valence-corrected chi connectivity index (χ0v) is 10.3. The van der Waals surface area contributed by atoms with Gasteiger partial charge >= 0.3 is 0 Å².